The number of pyridine rings is 1. The van der Waals surface area contributed by atoms with E-state index in [1.807, 2.05) is 6.92 Å². The molecule has 6 heteroatoms. The molecule has 0 saturated heterocycles. The summed E-state index contributed by atoms with van der Waals surface area (Å²) in [5, 5.41) is 23.3. The lowest BCUT2D eigenvalue weighted by Gasteiger charge is -1.99. The molecule has 0 radical (unpaired) electrons. The fourth-order valence-electron chi connectivity index (χ4n) is 1.76. The molecule has 0 spiro atoms. The van der Waals surface area contributed by atoms with Gasteiger partial charge >= 0.3 is 5.97 Å². The van der Waals surface area contributed by atoms with Crippen molar-refractivity contribution in [3.8, 4) is 0 Å². The van der Waals surface area contributed by atoms with E-state index < -0.39 is 12.1 Å². The molecule has 90 valence electrons. The zero-order valence-electron chi connectivity index (χ0n) is 9.58. The minimum atomic E-state index is -0.980. The number of carboxylic acid groups (broad SMARTS) is 1. The van der Waals surface area contributed by atoms with E-state index in [1.165, 1.54) is 4.68 Å². The van der Waals surface area contributed by atoms with Gasteiger partial charge in [0.25, 0.3) is 0 Å². The molecule has 0 fully saturated rings. The Balaban J connectivity index is 2.66. The van der Waals surface area contributed by atoms with E-state index in [9.17, 15) is 9.90 Å². The van der Waals surface area contributed by atoms with E-state index in [1.54, 1.807) is 19.2 Å². The number of aryl methyl sites for hydroxylation is 1. The number of hydrogen-bond donors (Lipinski definition) is 2. The average Bonchev–Trinajstić information content (AvgIpc) is 2.55. The zero-order valence-corrected chi connectivity index (χ0v) is 9.58. The van der Waals surface area contributed by atoms with Crippen molar-refractivity contribution in [2.45, 2.75) is 26.5 Å². The quantitative estimate of drug-likeness (QED) is 0.824. The topological polar surface area (TPSA) is 88.2 Å². The van der Waals surface area contributed by atoms with Gasteiger partial charge in [0.2, 0.25) is 0 Å². The Morgan fingerprint density at radius 3 is 2.88 bits per heavy atom. The van der Waals surface area contributed by atoms with Crippen molar-refractivity contribution in [3.63, 3.8) is 0 Å². The van der Waals surface area contributed by atoms with Crippen LogP contribution in [0.25, 0.3) is 10.9 Å². The molecule has 1 atom stereocenters. The van der Waals surface area contributed by atoms with E-state index in [2.05, 4.69) is 10.1 Å². The van der Waals surface area contributed by atoms with Crippen molar-refractivity contribution in [2.24, 2.45) is 0 Å². The van der Waals surface area contributed by atoms with Crippen LogP contribution < -0.4 is 0 Å². The van der Waals surface area contributed by atoms with Crippen LogP contribution in [0.2, 0.25) is 0 Å². The zero-order chi connectivity index (χ0) is 12.6. The summed E-state index contributed by atoms with van der Waals surface area (Å²) in [7, 11) is 0. The molecule has 0 aliphatic carbocycles. The van der Waals surface area contributed by atoms with Crippen molar-refractivity contribution in [3.05, 3.63) is 23.7 Å². The molecule has 0 aliphatic rings. The number of aromatic nitrogens is 3. The van der Waals surface area contributed by atoms with E-state index in [0.29, 0.717) is 11.2 Å². The van der Waals surface area contributed by atoms with Crippen LogP contribution in [0, 0.1) is 6.92 Å². The standard InChI is InChI=1S/C11H13N3O3/c1-6-3-8-9(4-12-6)14(5-10(16)17)13-11(8)7(2)15/h3-4,7,15H,5H2,1-2H3,(H,16,17). The number of aliphatic carboxylic acids is 1. The van der Waals surface area contributed by atoms with Crippen molar-refractivity contribution in [1.82, 2.24) is 14.8 Å². The highest BCUT2D eigenvalue weighted by atomic mass is 16.4. The molecule has 0 aromatic carbocycles. The number of carbonyl (C=O) groups is 1. The van der Waals surface area contributed by atoms with Crippen molar-refractivity contribution in [1.29, 1.82) is 0 Å². The monoisotopic (exact) mass is 235 g/mol. The third-order valence-electron chi connectivity index (χ3n) is 2.48. The first kappa shape index (κ1) is 11.5. The minimum Gasteiger partial charge on any atom is -0.480 e. The lowest BCUT2D eigenvalue weighted by atomic mass is 10.1. The van der Waals surface area contributed by atoms with Gasteiger partial charge in [-0.3, -0.25) is 14.5 Å². The van der Waals surface area contributed by atoms with Crippen LogP contribution in [0.4, 0.5) is 0 Å². The lowest BCUT2D eigenvalue weighted by Crippen LogP contribution is -2.10. The molecule has 1 unspecified atom stereocenters. The van der Waals surface area contributed by atoms with Gasteiger partial charge in [-0.05, 0) is 19.9 Å². The summed E-state index contributed by atoms with van der Waals surface area (Å²) >= 11 is 0. The third-order valence-corrected chi connectivity index (χ3v) is 2.48. The van der Waals surface area contributed by atoms with Crippen LogP contribution in [-0.4, -0.2) is 30.9 Å². The van der Waals surface area contributed by atoms with Gasteiger partial charge < -0.3 is 10.2 Å². The van der Waals surface area contributed by atoms with Gasteiger partial charge in [0.05, 0.1) is 23.5 Å². The normalized spacial score (nSPS) is 12.9. The molecule has 0 bridgehead atoms. The molecule has 2 rings (SSSR count). The van der Waals surface area contributed by atoms with Crippen LogP contribution in [0.15, 0.2) is 12.3 Å². The number of carboxylic acids is 1. The molecule has 0 aliphatic heterocycles. The number of hydrogen-bond acceptors (Lipinski definition) is 4. The second kappa shape index (κ2) is 4.14. The van der Waals surface area contributed by atoms with Gasteiger partial charge in [-0.1, -0.05) is 0 Å². The van der Waals surface area contributed by atoms with Crippen LogP contribution in [-0.2, 0) is 11.3 Å². The summed E-state index contributed by atoms with van der Waals surface area (Å²) in [6.07, 6.45) is 0.835. The van der Waals surface area contributed by atoms with E-state index in [-0.39, 0.29) is 6.54 Å². The number of rotatable bonds is 3. The third kappa shape index (κ3) is 2.12. The summed E-state index contributed by atoms with van der Waals surface area (Å²) in [5.74, 6) is -0.980. The first-order valence-electron chi connectivity index (χ1n) is 5.22. The summed E-state index contributed by atoms with van der Waals surface area (Å²) in [4.78, 5) is 14.8. The second-order valence-corrected chi connectivity index (χ2v) is 3.96. The Morgan fingerprint density at radius 1 is 1.59 bits per heavy atom. The minimum absolute atomic E-state index is 0.242. The maximum atomic E-state index is 10.7. The van der Waals surface area contributed by atoms with Crippen LogP contribution >= 0.6 is 0 Å². The smallest absolute Gasteiger partial charge is 0.325 e. The maximum Gasteiger partial charge on any atom is 0.325 e. The van der Waals surface area contributed by atoms with Gasteiger partial charge in [-0.25, -0.2) is 0 Å². The Hall–Kier alpha value is -1.95. The first-order valence-corrected chi connectivity index (χ1v) is 5.22. The Labute approximate surface area is 97.5 Å². The predicted molar refractivity (Wildman–Crippen MR) is 60.5 cm³/mol. The number of aliphatic hydroxyl groups excluding tert-OH is 1. The van der Waals surface area contributed by atoms with Gasteiger partial charge in [-0.2, -0.15) is 5.10 Å². The van der Waals surface area contributed by atoms with Gasteiger partial charge in [-0.15, -0.1) is 0 Å². The lowest BCUT2D eigenvalue weighted by molar-refractivity contribution is -0.137. The predicted octanol–water partition coefficient (Wildman–Crippen LogP) is 0.878. The van der Waals surface area contributed by atoms with E-state index in [4.69, 9.17) is 5.11 Å². The molecular formula is C11H13N3O3. The number of nitrogens with zero attached hydrogens (tertiary/aromatic N) is 3. The molecule has 2 aromatic rings. The summed E-state index contributed by atoms with van der Waals surface area (Å²) in [6, 6.07) is 1.79. The average molecular weight is 235 g/mol. The molecule has 2 aromatic heterocycles. The van der Waals surface area contributed by atoms with Crippen LogP contribution in [0.1, 0.15) is 24.4 Å². The van der Waals surface area contributed by atoms with Gasteiger partial charge in [0.1, 0.15) is 6.54 Å². The second-order valence-electron chi connectivity index (χ2n) is 3.96. The molecule has 0 amide bonds. The molecule has 2 N–H and O–H groups in total. The van der Waals surface area contributed by atoms with E-state index >= 15 is 0 Å². The Morgan fingerprint density at radius 2 is 2.29 bits per heavy atom. The molecule has 6 nitrogen and oxygen atoms in total. The molecule has 2 heterocycles. The first-order chi connectivity index (χ1) is 7.99. The Bertz CT molecular complexity index is 575. The number of aliphatic hydroxyl groups is 1. The fraction of sp³-hybridized carbons (Fsp3) is 0.364. The SMILES string of the molecule is Cc1cc2c(C(C)O)nn(CC(=O)O)c2cn1. The maximum absolute atomic E-state index is 10.7. The van der Waals surface area contributed by atoms with Gasteiger partial charge in [0.15, 0.2) is 0 Å². The van der Waals surface area contributed by atoms with Crippen molar-refractivity contribution < 1.29 is 15.0 Å². The summed E-state index contributed by atoms with van der Waals surface area (Å²) < 4.78 is 1.34. The molecular weight excluding hydrogens is 222 g/mol. The van der Waals surface area contributed by atoms with Crippen molar-refractivity contribution >= 4 is 16.9 Å². The van der Waals surface area contributed by atoms with E-state index in [0.717, 1.165) is 11.1 Å². The highest BCUT2D eigenvalue weighted by Gasteiger charge is 2.16. The summed E-state index contributed by atoms with van der Waals surface area (Å²) in [6.45, 7) is 3.19. The highest BCUT2D eigenvalue weighted by molar-refractivity contribution is 5.83. The van der Waals surface area contributed by atoms with Gasteiger partial charge in [0, 0.05) is 11.1 Å². The van der Waals surface area contributed by atoms with Crippen LogP contribution in [0.3, 0.4) is 0 Å². The summed E-state index contributed by atoms with van der Waals surface area (Å²) in [5.41, 5.74) is 1.90. The Kier molecular flexibility index (Phi) is 2.81. The van der Waals surface area contributed by atoms with Crippen LogP contribution in [0.5, 0.6) is 0 Å². The van der Waals surface area contributed by atoms with Crippen molar-refractivity contribution in [2.75, 3.05) is 0 Å². The molecule has 17 heavy (non-hydrogen) atoms. The largest absolute Gasteiger partial charge is 0.480 e. The molecule has 0 saturated carbocycles. The fourth-order valence-corrected chi connectivity index (χ4v) is 1.76. The highest BCUT2D eigenvalue weighted by Crippen LogP contribution is 2.23. The number of fused-ring (bicyclic) bond motifs is 1.